The average Bonchev–Trinajstić information content (AvgIpc) is 2.44. The van der Waals surface area contributed by atoms with Crippen LogP contribution < -0.4 is 4.89 Å². The molecule has 0 fully saturated rings. The number of hydrogen-bond acceptors (Lipinski definition) is 2. The summed E-state index contributed by atoms with van der Waals surface area (Å²) in [5.74, 6) is 1.33. The van der Waals surface area contributed by atoms with Crippen LogP contribution in [0.2, 0.25) is 0 Å². The van der Waals surface area contributed by atoms with E-state index in [0.717, 1.165) is 31.4 Å². The molecule has 0 aliphatic heterocycles. The summed E-state index contributed by atoms with van der Waals surface area (Å²) in [7, 11) is 0. The van der Waals surface area contributed by atoms with Crippen molar-refractivity contribution in [3.05, 3.63) is 29.8 Å². The topological polar surface area (TPSA) is 18.5 Å². The Morgan fingerprint density at radius 3 is 2.00 bits per heavy atom. The van der Waals surface area contributed by atoms with Crippen LogP contribution in [0, 0.1) is 0 Å². The van der Waals surface area contributed by atoms with E-state index in [1.54, 1.807) is 0 Å². The van der Waals surface area contributed by atoms with E-state index < -0.39 is 0 Å². The maximum absolute atomic E-state index is 5.75. The zero-order valence-electron chi connectivity index (χ0n) is 13.0. The van der Waals surface area contributed by atoms with Gasteiger partial charge in [0.25, 0.3) is 0 Å². The van der Waals surface area contributed by atoms with Crippen LogP contribution in [0.1, 0.15) is 71.8 Å². The molecule has 0 saturated heterocycles. The summed E-state index contributed by atoms with van der Waals surface area (Å²) in [5, 5.41) is 0. The van der Waals surface area contributed by atoms with Crippen LogP contribution in [0.5, 0.6) is 5.75 Å². The molecule has 0 amide bonds. The molecular formula is C17H28O2. The Balaban J connectivity index is 2.63. The van der Waals surface area contributed by atoms with E-state index in [1.165, 1.54) is 5.56 Å². The minimum Gasteiger partial charge on any atom is -0.337 e. The molecule has 1 aromatic rings. The first kappa shape index (κ1) is 16.0. The van der Waals surface area contributed by atoms with E-state index >= 15 is 0 Å². The van der Waals surface area contributed by atoms with Crippen LogP contribution in [-0.2, 0) is 4.89 Å². The fraction of sp³-hybridized carbons (Fsp3) is 0.647. The summed E-state index contributed by atoms with van der Waals surface area (Å²) in [5.41, 5.74) is 1.17. The molecule has 0 radical (unpaired) electrons. The minimum atomic E-state index is -0.147. The standard InChI is InChI=1S/C17H28O2/c1-6-13-17(7-2,8-3)19-18-16-11-9-15(10-12-16)14(4)5/h9-12,14H,6-8,13H2,1-5H3. The molecule has 1 aromatic carbocycles. The van der Waals surface area contributed by atoms with Crippen molar-refractivity contribution in [1.82, 2.24) is 0 Å². The summed E-state index contributed by atoms with van der Waals surface area (Å²) in [6.45, 7) is 10.9. The number of benzene rings is 1. The van der Waals surface area contributed by atoms with Crippen LogP contribution in [0.4, 0.5) is 0 Å². The lowest BCUT2D eigenvalue weighted by Gasteiger charge is -2.29. The van der Waals surface area contributed by atoms with Gasteiger partial charge in [0.15, 0.2) is 5.75 Å². The maximum atomic E-state index is 5.75. The molecule has 0 N–H and O–H groups in total. The molecule has 19 heavy (non-hydrogen) atoms. The van der Waals surface area contributed by atoms with Crippen LogP contribution in [0.25, 0.3) is 0 Å². The fourth-order valence-electron chi connectivity index (χ4n) is 2.26. The van der Waals surface area contributed by atoms with Crippen molar-refractivity contribution < 1.29 is 9.78 Å². The fourth-order valence-corrected chi connectivity index (χ4v) is 2.26. The van der Waals surface area contributed by atoms with Crippen molar-refractivity contribution in [2.24, 2.45) is 0 Å². The van der Waals surface area contributed by atoms with E-state index in [0.29, 0.717) is 5.92 Å². The molecule has 108 valence electrons. The lowest BCUT2D eigenvalue weighted by atomic mass is 9.92. The average molecular weight is 264 g/mol. The molecule has 0 saturated carbocycles. The van der Waals surface area contributed by atoms with Crippen LogP contribution in [0.15, 0.2) is 24.3 Å². The smallest absolute Gasteiger partial charge is 0.165 e. The molecule has 0 bridgehead atoms. The third-order valence-corrected chi connectivity index (χ3v) is 3.86. The Kier molecular flexibility index (Phi) is 6.36. The first-order valence-corrected chi connectivity index (χ1v) is 7.52. The highest BCUT2D eigenvalue weighted by Crippen LogP contribution is 2.28. The third-order valence-electron chi connectivity index (χ3n) is 3.86. The van der Waals surface area contributed by atoms with Crippen LogP contribution >= 0.6 is 0 Å². The molecule has 0 unspecified atom stereocenters. The van der Waals surface area contributed by atoms with Gasteiger partial charge in [0.05, 0.1) is 0 Å². The highest BCUT2D eigenvalue weighted by atomic mass is 17.2. The summed E-state index contributed by atoms with van der Waals surface area (Å²) < 4.78 is 0. The Morgan fingerprint density at radius 1 is 1.00 bits per heavy atom. The molecule has 0 spiro atoms. The Bertz CT molecular complexity index is 350. The van der Waals surface area contributed by atoms with Gasteiger partial charge in [-0.15, -0.1) is 0 Å². The number of rotatable bonds is 8. The van der Waals surface area contributed by atoms with Gasteiger partial charge >= 0.3 is 0 Å². The molecule has 1 rings (SSSR count). The maximum Gasteiger partial charge on any atom is 0.165 e. The summed E-state index contributed by atoms with van der Waals surface area (Å²) in [6, 6.07) is 8.17. The van der Waals surface area contributed by atoms with Crippen molar-refractivity contribution in [2.75, 3.05) is 0 Å². The van der Waals surface area contributed by atoms with Gasteiger partial charge in [-0.3, -0.25) is 0 Å². The van der Waals surface area contributed by atoms with E-state index in [9.17, 15) is 0 Å². The lowest BCUT2D eigenvalue weighted by molar-refractivity contribution is -0.296. The minimum absolute atomic E-state index is 0.147. The zero-order valence-corrected chi connectivity index (χ0v) is 13.0. The van der Waals surface area contributed by atoms with Gasteiger partial charge in [0, 0.05) is 0 Å². The van der Waals surface area contributed by atoms with E-state index in [2.05, 4.69) is 46.8 Å². The third kappa shape index (κ3) is 4.54. The Labute approximate surface area is 118 Å². The van der Waals surface area contributed by atoms with Gasteiger partial charge in [-0.25, -0.2) is 0 Å². The van der Waals surface area contributed by atoms with Gasteiger partial charge < -0.3 is 4.89 Å². The van der Waals surface area contributed by atoms with E-state index in [4.69, 9.17) is 9.78 Å². The zero-order chi connectivity index (χ0) is 14.3. The predicted octanol–water partition coefficient (Wildman–Crippen LogP) is 5.48. The second-order valence-corrected chi connectivity index (χ2v) is 5.53. The van der Waals surface area contributed by atoms with E-state index in [-0.39, 0.29) is 5.60 Å². The molecule has 0 aliphatic carbocycles. The number of hydrogen-bond donors (Lipinski definition) is 0. The Morgan fingerprint density at radius 2 is 1.58 bits per heavy atom. The lowest BCUT2D eigenvalue weighted by Crippen LogP contribution is -2.32. The summed E-state index contributed by atoms with van der Waals surface area (Å²) in [4.78, 5) is 11.3. The molecule has 0 heterocycles. The van der Waals surface area contributed by atoms with Gasteiger partial charge in [-0.2, -0.15) is 4.89 Å². The van der Waals surface area contributed by atoms with Crippen LogP contribution in [0.3, 0.4) is 0 Å². The normalized spacial score (nSPS) is 11.9. The second-order valence-electron chi connectivity index (χ2n) is 5.53. The highest BCUT2D eigenvalue weighted by molar-refractivity contribution is 5.28. The van der Waals surface area contributed by atoms with Gasteiger partial charge in [0.1, 0.15) is 5.60 Å². The van der Waals surface area contributed by atoms with Crippen molar-refractivity contribution in [1.29, 1.82) is 0 Å². The quantitative estimate of drug-likeness (QED) is 0.457. The van der Waals surface area contributed by atoms with Gasteiger partial charge in [-0.05, 0) is 42.9 Å². The van der Waals surface area contributed by atoms with E-state index in [1.807, 2.05) is 12.1 Å². The van der Waals surface area contributed by atoms with Crippen molar-refractivity contribution >= 4 is 0 Å². The second kappa shape index (κ2) is 7.54. The highest BCUT2D eigenvalue weighted by Gasteiger charge is 2.28. The molecule has 2 heteroatoms. The van der Waals surface area contributed by atoms with Crippen molar-refractivity contribution in [2.45, 2.75) is 71.8 Å². The first-order chi connectivity index (χ1) is 9.06. The Hall–Kier alpha value is -1.02. The summed E-state index contributed by atoms with van der Waals surface area (Å²) in [6.07, 6.45) is 4.09. The first-order valence-electron chi connectivity index (χ1n) is 7.52. The molecular weight excluding hydrogens is 236 g/mol. The largest absolute Gasteiger partial charge is 0.337 e. The molecule has 0 aliphatic rings. The van der Waals surface area contributed by atoms with Crippen molar-refractivity contribution in [3.63, 3.8) is 0 Å². The van der Waals surface area contributed by atoms with Crippen LogP contribution in [-0.4, -0.2) is 5.60 Å². The SMILES string of the molecule is CCCC(CC)(CC)OOc1ccc(C(C)C)cc1. The molecule has 0 aromatic heterocycles. The van der Waals surface area contributed by atoms with Gasteiger partial charge in [0.2, 0.25) is 0 Å². The van der Waals surface area contributed by atoms with Crippen molar-refractivity contribution in [3.8, 4) is 5.75 Å². The predicted molar refractivity (Wildman–Crippen MR) is 80.5 cm³/mol. The summed E-state index contributed by atoms with van der Waals surface area (Å²) >= 11 is 0. The monoisotopic (exact) mass is 264 g/mol. The molecule has 2 nitrogen and oxygen atoms in total. The molecule has 0 atom stereocenters. The van der Waals surface area contributed by atoms with Gasteiger partial charge in [-0.1, -0.05) is 53.2 Å².